The first kappa shape index (κ1) is 18.1. The lowest BCUT2D eigenvalue weighted by Crippen LogP contribution is -2.14. The van der Waals surface area contributed by atoms with Gasteiger partial charge in [0.25, 0.3) is 5.91 Å². The minimum absolute atomic E-state index is 0.284. The molecular formula is C17H16Cl2N2O3. The van der Waals surface area contributed by atoms with E-state index in [9.17, 15) is 9.59 Å². The van der Waals surface area contributed by atoms with Crippen molar-refractivity contribution in [1.29, 1.82) is 0 Å². The van der Waals surface area contributed by atoms with Gasteiger partial charge in [-0.05, 0) is 55.8 Å². The first-order valence-electron chi connectivity index (χ1n) is 7.21. The van der Waals surface area contributed by atoms with Gasteiger partial charge >= 0.3 is 6.09 Å². The van der Waals surface area contributed by atoms with Gasteiger partial charge in [0.15, 0.2) is 0 Å². The van der Waals surface area contributed by atoms with Crippen molar-refractivity contribution in [3.63, 3.8) is 0 Å². The molecule has 0 aliphatic carbocycles. The Morgan fingerprint density at radius 2 is 1.75 bits per heavy atom. The smallest absolute Gasteiger partial charge is 0.411 e. The maximum absolute atomic E-state index is 12.3. The van der Waals surface area contributed by atoms with E-state index < -0.39 is 6.09 Å². The third kappa shape index (κ3) is 4.63. The van der Waals surface area contributed by atoms with Crippen LogP contribution in [-0.2, 0) is 4.74 Å². The zero-order chi connectivity index (χ0) is 17.7. The molecule has 24 heavy (non-hydrogen) atoms. The van der Waals surface area contributed by atoms with Gasteiger partial charge in [0.2, 0.25) is 0 Å². The maximum atomic E-state index is 12.3. The summed E-state index contributed by atoms with van der Waals surface area (Å²) < 4.78 is 4.78. The van der Waals surface area contributed by atoms with Gasteiger partial charge < -0.3 is 10.1 Å². The Bertz CT molecular complexity index is 761. The Kier molecular flexibility index (Phi) is 6.06. The van der Waals surface area contributed by atoms with Crippen molar-refractivity contribution in [2.75, 3.05) is 17.2 Å². The number of anilines is 2. The van der Waals surface area contributed by atoms with E-state index in [0.717, 1.165) is 5.56 Å². The molecule has 0 bridgehead atoms. The van der Waals surface area contributed by atoms with Crippen LogP contribution in [0.15, 0.2) is 36.4 Å². The Labute approximate surface area is 149 Å². The molecule has 0 saturated carbocycles. The third-order valence-electron chi connectivity index (χ3n) is 3.14. The van der Waals surface area contributed by atoms with Gasteiger partial charge in [-0.3, -0.25) is 10.1 Å². The highest BCUT2D eigenvalue weighted by molar-refractivity contribution is 6.36. The predicted octanol–water partition coefficient (Wildman–Crippen LogP) is 5.12. The molecule has 2 aromatic carbocycles. The fraction of sp³-hybridized carbons (Fsp3) is 0.176. The highest BCUT2D eigenvalue weighted by Crippen LogP contribution is 2.30. The van der Waals surface area contributed by atoms with E-state index in [1.807, 2.05) is 0 Å². The second kappa shape index (κ2) is 8.04. The number of nitrogens with one attached hydrogen (secondary N) is 2. The van der Waals surface area contributed by atoms with E-state index in [2.05, 4.69) is 10.6 Å². The molecule has 0 aliphatic rings. The second-order valence-corrected chi connectivity index (χ2v) is 5.78. The van der Waals surface area contributed by atoms with Gasteiger partial charge in [-0.25, -0.2) is 4.79 Å². The first-order chi connectivity index (χ1) is 11.4. The van der Waals surface area contributed by atoms with Gasteiger partial charge in [0.1, 0.15) is 0 Å². The fourth-order valence-corrected chi connectivity index (χ4v) is 2.43. The van der Waals surface area contributed by atoms with Crippen LogP contribution in [0.25, 0.3) is 0 Å². The highest BCUT2D eigenvalue weighted by Gasteiger charge is 2.11. The molecule has 0 atom stereocenters. The average Bonchev–Trinajstić information content (AvgIpc) is 2.53. The van der Waals surface area contributed by atoms with Crippen molar-refractivity contribution < 1.29 is 14.3 Å². The molecular weight excluding hydrogens is 351 g/mol. The Morgan fingerprint density at radius 3 is 2.38 bits per heavy atom. The molecule has 5 nitrogen and oxygen atoms in total. The van der Waals surface area contributed by atoms with Crippen molar-refractivity contribution in [3.8, 4) is 0 Å². The number of carbonyl (C=O) groups excluding carboxylic acids is 2. The highest BCUT2D eigenvalue weighted by atomic mass is 35.5. The molecule has 0 fully saturated rings. The normalized spacial score (nSPS) is 10.2. The second-order valence-electron chi connectivity index (χ2n) is 4.96. The van der Waals surface area contributed by atoms with E-state index in [1.165, 1.54) is 0 Å². The average molecular weight is 367 g/mol. The molecule has 0 saturated heterocycles. The number of rotatable bonds is 4. The lowest BCUT2D eigenvalue weighted by Gasteiger charge is -2.10. The summed E-state index contributed by atoms with van der Waals surface area (Å²) in [5, 5.41) is 6.20. The standard InChI is InChI=1S/C17H16Cl2N2O3/c1-3-24-17(23)20-13-6-4-11(5-7-13)16(22)21-14-9-12(18)8-10(2)15(14)19/h4-9H,3H2,1-2H3,(H,20,23)(H,21,22). The molecule has 0 aromatic heterocycles. The Balaban J connectivity index is 2.09. The van der Waals surface area contributed by atoms with Crippen LogP contribution in [0, 0.1) is 6.92 Å². The van der Waals surface area contributed by atoms with Crippen LogP contribution < -0.4 is 10.6 Å². The monoisotopic (exact) mass is 366 g/mol. The molecule has 0 radical (unpaired) electrons. The van der Waals surface area contributed by atoms with Crippen molar-refractivity contribution >= 4 is 46.6 Å². The van der Waals surface area contributed by atoms with Gasteiger partial charge in [0, 0.05) is 16.3 Å². The van der Waals surface area contributed by atoms with Gasteiger partial charge in [-0.15, -0.1) is 0 Å². The van der Waals surface area contributed by atoms with Crippen LogP contribution in [-0.4, -0.2) is 18.6 Å². The molecule has 0 unspecified atom stereocenters. The number of hydrogen-bond acceptors (Lipinski definition) is 3. The first-order valence-corrected chi connectivity index (χ1v) is 7.97. The lowest BCUT2D eigenvalue weighted by atomic mass is 10.1. The molecule has 0 spiro atoms. The number of benzene rings is 2. The van der Waals surface area contributed by atoms with Crippen molar-refractivity contribution in [3.05, 3.63) is 57.6 Å². The molecule has 2 N–H and O–H groups in total. The lowest BCUT2D eigenvalue weighted by molar-refractivity contribution is 0.102. The van der Waals surface area contributed by atoms with E-state index in [-0.39, 0.29) is 12.5 Å². The topological polar surface area (TPSA) is 67.4 Å². The predicted molar refractivity (Wildman–Crippen MR) is 96.2 cm³/mol. The molecule has 0 heterocycles. The van der Waals surface area contributed by atoms with E-state index in [0.29, 0.717) is 27.0 Å². The quantitative estimate of drug-likeness (QED) is 0.788. The van der Waals surface area contributed by atoms with Gasteiger partial charge in [-0.1, -0.05) is 23.2 Å². The largest absolute Gasteiger partial charge is 0.450 e. The summed E-state index contributed by atoms with van der Waals surface area (Å²) in [5.41, 5.74) is 2.16. The molecule has 2 amide bonds. The number of halogens is 2. The summed E-state index contributed by atoms with van der Waals surface area (Å²) in [6.45, 7) is 3.81. The molecule has 0 aliphatic heterocycles. The molecule has 126 valence electrons. The van der Waals surface area contributed by atoms with Crippen LogP contribution in [0.2, 0.25) is 10.0 Å². The molecule has 2 aromatic rings. The number of carbonyl (C=O) groups is 2. The minimum Gasteiger partial charge on any atom is -0.450 e. The third-order valence-corrected chi connectivity index (χ3v) is 3.86. The number of aryl methyl sites for hydroxylation is 1. The molecule has 7 heteroatoms. The van der Waals surface area contributed by atoms with Crippen molar-refractivity contribution in [1.82, 2.24) is 0 Å². The van der Waals surface area contributed by atoms with Crippen LogP contribution in [0.4, 0.5) is 16.2 Å². The maximum Gasteiger partial charge on any atom is 0.411 e. The summed E-state index contributed by atoms with van der Waals surface area (Å²) in [6, 6.07) is 9.69. The van der Waals surface area contributed by atoms with Gasteiger partial charge in [0.05, 0.1) is 17.3 Å². The number of amides is 2. The van der Waals surface area contributed by atoms with Crippen LogP contribution in [0.5, 0.6) is 0 Å². The zero-order valence-electron chi connectivity index (χ0n) is 13.2. The van der Waals surface area contributed by atoms with Crippen LogP contribution in [0.1, 0.15) is 22.8 Å². The van der Waals surface area contributed by atoms with Crippen molar-refractivity contribution in [2.24, 2.45) is 0 Å². The molecule has 2 rings (SSSR count). The van der Waals surface area contributed by atoms with Gasteiger partial charge in [-0.2, -0.15) is 0 Å². The minimum atomic E-state index is -0.545. The van der Waals surface area contributed by atoms with Crippen LogP contribution in [0.3, 0.4) is 0 Å². The summed E-state index contributed by atoms with van der Waals surface area (Å²) in [6.07, 6.45) is -0.545. The van der Waals surface area contributed by atoms with E-state index in [4.69, 9.17) is 27.9 Å². The van der Waals surface area contributed by atoms with Crippen molar-refractivity contribution in [2.45, 2.75) is 13.8 Å². The number of ether oxygens (including phenoxy) is 1. The summed E-state index contributed by atoms with van der Waals surface area (Å²) >= 11 is 12.2. The van der Waals surface area contributed by atoms with E-state index in [1.54, 1.807) is 50.2 Å². The summed E-state index contributed by atoms with van der Waals surface area (Å²) in [7, 11) is 0. The fourth-order valence-electron chi connectivity index (χ4n) is 2.00. The Hall–Kier alpha value is -2.24. The van der Waals surface area contributed by atoms with E-state index >= 15 is 0 Å². The number of hydrogen-bond donors (Lipinski definition) is 2. The zero-order valence-corrected chi connectivity index (χ0v) is 14.7. The summed E-state index contributed by atoms with van der Waals surface area (Å²) in [4.78, 5) is 23.6. The van der Waals surface area contributed by atoms with Crippen LogP contribution >= 0.6 is 23.2 Å². The summed E-state index contributed by atoms with van der Waals surface area (Å²) in [5.74, 6) is -0.332. The SMILES string of the molecule is CCOC(=O)Nc1ccc(C(=O)Nc2cc(Cl)cc(C)c2Cl)cc1. The Morgan fingerprint density at radius 1 is 1.08 bits per heavy atom.